The normalized spacial score (nSPS) is 12.0. The van der Waals surface area contributed by atoms with Crippen LogP contribution in [0.15, 0.2) is 52.3 Å². The maximum Gasteiger partial charge on any atom is 0.309 e. The fourth-order valence-electron chi connectivity index (χ4n) is 2.39. The van der Waals surface area contributed by atoms with Crippen LogP contribution in [0.5, 0.6) is 0 Å². The highest BCUT2D eigenvalue weighted by Crippen LogP contribution is 2.25. The van der Waals surface area contributed by atoms with E-state index in [1.807, 2.05) is 47.8 Å². The van der Waals surface area contributed by atoms with Gasteiger partial charge in [-0.3, -0.25) is 9.59 Å². The fourth-order valence-corrected chi connectivity index (χ4v) is 3.03. The molecule has 0 radical (unpaired) electrons. The Morgan fingerprint density at radius 2 is 1.96 bits per heavy atom. The van der Waals surface area contributed by atoms with Gasteiger partial charge in [0, 0.05) is 17.4 Å². The molecule has 130 valence electrons. The molecule has 0 aliphatic heterocycles. The van der Waals surface area contributed by atoms with Crippen LogP contribution in [-0.4, -0.2) is 25.5 Å². The molecule has 2 N–H and O–H groups in total. The standard InChI is InChI=1S/C18H18N2O4S/c1-23-16(15-9-12-5-2-3-7-14(12)24-15)11-20-18(22)17(21)19-10-13-6-4-8-25-13/h2-9,16H,10-11H2,1H3,(H,19,21)(H,20,22)/t16-/m1/s1. The van der Waals surface area contributed by atoms with Crippen molar-refractivity contribution in [2.75, 3.05) is 13.7 Å². The lowest BCUT2D eigenvalue weighted by atomic mass is 10.2. The second-order valence-corrected chi connectivity index (χ2v) is 6.42. The third-order valence-corrected chi connectivity index (χ3v) is 4.58. The van der Waals surface area contributed by atoms with Gasteiger partial charge in [-0.05, 0) is 23.6 Å². The van der Waals surface area contributed by atoms with Crippen molar-refractivity contribution in [1.82, 2.24) is 10.6 Å². The van der Waals surface area contributed by atoms with E-state index in [1.165, 1.54) is 18.4 Å². The second-order valence-electron chi connectivity index (χ2n) is 5.38. The number of rotatable bonds is 6. The maximum absolute atomic E-state index is 11.9. The Kier molecular flexibility index (Phi) is 5.47. The minimum Gasteiger partial charge on any atom is -0.458 e. The number of para-hydroxylation sites is 1. The quantitative estimate of drug-likeness (QED) is 0.664. The van der Waals surface area contributed by atoms with Gasteiger partial charge in [-0.15, -0.1) is 11.3 Å². The summed E-state index contributed by atoms with van der Waals surface area (Å²) in [5.41, 5.74) is 0.750. The van der Waals surface area contributed by atoms with Crippen molar-refractivity contribution in [3.63, 3.8) is 0 Å². The second kappa shape index (κ2) is 7.96. The van der Waals surface area contributed by atoms with Crippen molar-refractivity contribution in [1.29, 1.82) is 0 Å². The summed E-state index contributed by atoms with van der Waals surface area (Å²) in [6.45, 7) is 0.475. The van der Waals surface area contributed by atoms with Gasteiger partial charge in [0.05, 0.1) is 13.1 Å². The monoisotopic (exact) mass is 358 g/mol. The molecule has 0 unspecified atom stereocenters. The fraction of sp³-hybridized carbons (Fsp3) is 0.222. The van der Waals surface area contributed by atoms with E-state index in [0.717, 1.165) is 15.8 Å². The summed E-state index contributed by atoms with van der Waals surface area (Å²) in [5.74, 6) is -0.773. The summed E-state index contributed by atoms with van der Waals surface area (Å²) in [5, 5.41) is 8.03. The molecule has 1 atom stereocenters. The smallest absolute Gasteiger partial charge is 0.309 e. The number of carbonyl (C=O) groups is 2. The number of ether oxygens (including phenoxy) is 1. The summed E-state index contributed by atoms with van der Waals surface area (Å²) in [4.78, 5) is 24.7. The number of furan rings is 1. The van der Waals surface area contributed by atoms with Crippen LogP contribution < -0.4 is 10.6 Å². The number of hydrogen-bond donors (Lipinski definition) is 2. The van der Waals surface area contributed by atoms with Gasteiger partial charge in [-0.25, -0.2) is 0 Å². The molecule has 2 heterocycles. The van der Waals surface area contributed by atoms with Gasteiger partial charge in [-0.1, -0.05) is 24.3 Å². The van der Waals surface area contributed by atoms with E-state index in [9.17, 15) is 9.59 Å². The molecule has 2 amide bonds. The number of thiophene rings is 1. The highest BCUT2D eigenvalue weighted by atomic mass is 32.1. The molecule has 0 aliphatic rings. The molecule has 25 heavy (non-hydrogen) atoms. The number of benzene rings is 1. The van der Waals surface area contributed by atoms with Crippen LogP contribution >= 0.6 is 11.3 Å². The van der Waals surface area contributed by atoms with E-state index in [2.05, 4.69) is 10.6 Å². The number of carbonyl (C=O) groups excluding carboxylic acids is 2. The summed E-state index contributed by atoms with van der Waals surface area (Å²) >= 11 is 1.52. The van der Waals surface area contributed by atoms with Gasteiger partial charge in [0.2, 0.25) is 0 Å². The van der Waals surface area contributed by atoms with Crippen molar-refractivity contribution in [2.24, 2.45) is 0 Å². The van der Waals surface area contributed by atoms with Crippen molar-refractivity contribution < 1.29 is 18.7 Å². The highest BCUT2D eigenvalue weighted by Gasteiger charge is 2.19. The molecule has 0 saturated heterocycles. The van der Waals surface area contributed by atoms with Crippen molar-refractivity contribution in [2.45, 2.75) is 12.6 Å². The Morgan fingerprint density at radius 1 is 1.16 bits per heavy atom. The lowest BCUT2D eigenvalue weighted by molar-refractivity contribution is -0.139. The Labute approximate surface area is 148 Å². The molecular weight excluding hydrogens is 340 g/mol. The predicted octanol–water partition coefficient (Wildman–Crippen LogP) is 2.61. The van der Waals surface area contributed by atoms with Gasteiger partial charge in [-0.2, -0.15) is 0 Å². The molecule has 1 aromatic carbocycles. The predicted molar refractivity (Wildman–Crippen MR) is 95.1 cm³/mol. The molecule has 0 bridgehead atoms. The Balaban J connectivity index is 1.54. The molecule has 6 nitrogen and oxygen atoms in total. The summed E-state index contributed by atoms with van der Waals surface area (Å²) < 4.78 is 11.1. The highest BCUT2D eigenvalue weighted by molar-refractivity contribution is 7.09. The number of methoxy groups -OCH3 is 1. The van der Waals surface area contributed by atoms with E-state index in [0.29, 0.717) is 12.3 Å². The van der Waals surface area contributed by atoms with Gasteiger partial charge < -0.3 is 19.8 Å². The largest absolute Gasteiger partial charge is 0.458 e. The SMILES string of the molecule is CO[C@H](CNC(=O)C(=O)NCc1cccs1)c1cc2ccccc2o1. The minimum absolute atomic E-state index is 0.140. The third kappa shape index (κ3) is 4.26. The number of amides is 2. The molecule has 0 spiro atoms. The van der Waals surface area contributed by atoms with Gasteiger partial charge >= 0.3 is 11.8 Å². The first-order valence-corrected chi connectivity index (χ1v) is 8.65. The molecule has 3 rings (SSSR count). The van der Waals surface area contributed by atoms with Crippen LogP contribution in [0.25, 0.3) is 11.0 Å². The van der Waals surface area contributed by atoms with Crippen LogP contribution in [0.2, 0.25) is 0 Å². The van der Waals surface area contributed by atoms with Gasteiger partial charge in [0.15, 0.2) is 0 Å². The molecule has 0 saturated carbocycles. The van der Waals surface area contributed by atoms with Crippen LogP contribution in [0.3, 0.4) is 0 Å². The first-order valence-electron chi connectivity index (χ1n) is 7.77. The molecule has 2 aromatic heterocycles. The van der Waals surface area contributed by atoms with Crippen LogP contribution in [0, 0.1) is 0 Å². The number of fused-ring (bicyclic) bond motifs is 1. The first kappa shape index (κ1) is 17.2. The van der Waals surface area contributed by atoms with Crippen molar-refractivity contribution in [3.8, 4) is 0 Å². The lowest BCUT2D eigenvalue weighted by Gasteiger charge is -2.13. The number of hydrogen-bond acceptors (Lipinski definition) is 5. The molecule has 3 aromatic rings. The zero-order chi connectivity index (χ0) is 17.6. The van der Waals surface area contributed by atoms with E-state index in [-0.39, 0.29) is 6.54 Å². The van der Waals surface area contributed by atoms with E-state index < -0.39 is 17.9 Å². The van der Waals surface area contributed by atoms with Crippen molar-refractivity contribution >= 4 is 34.1 Å². The zero-order valence-electron chi connectivity index (χ0n) is 13.7. The van der Waals surface area contributed by atoms with Crippen LogP contribution in [-0.2, 0) is 20.9 Å². The molecule has 0 aliphatic carbocycles. The number of nitrogens with one attached hydrogen (secondary N) is 2. The topological polar surface area (TPSA) is 80.6 Å². The lowest BCUT2D eigenvalue weighted by Crippen LogP contribution is -2.41. The minimum atomic E-state index is -0.699. The average molecular weight is 358 g/mol. The van der Waals surface area contributed by atoms with E-state index >= 15 is 0 Å². The Bertz CT molecular complexity index is 824. The first-order chi connectivity index (χ1) is 12.2. The summed E-state index contributed by atoms with van der Waals surface area (Å²) in [6, 6.07) is 13.3. The van der Waals surface area contributed by atoms with E-state index in [4.69, 9.17) is 9.15 Å². The third-order valence-electron chi connectivity index (χ3n) is 3.70. The summed E-state index contributed by atoms with van der Waals surface area (Å²) in [7, 11) is 1.53. The average Bonchev–Trinajstić information content (AvgIpc) is 3.29. The van der Waals surface area contributed by atoms with Crippen LogP contribution in [0.1, 0.15) is 16.7 Å². The molecule has 0 fully saturated rings. The maximum atomic E-state index is 11.9. The van der Waals surface area contributed by atoms with Crippen LogP contribution in [0.4, 0.5) is 0 Å². The van der Waals surface area contributed by atoms with E-state index in [1.54, 1.807) is 0 Å². The Morgan fingerprint density at radius 3 is 2.68 bits per heavy atom. The van der Waals surface area contributed by atoms with Crippen molar-refractivity contribution in [3.05, 3.63) is 58.5 Å². The Hall–Kier alpha value is -2.64. The molecule has 7 heteroatoms. The van der Waals surface area contributed by atoms with Gasteiger partial charge in [0.1, 0.15) is 17.4 Å². The molecular formula is C18H18N2O4S. The van der Waals surface area contributed by atoms with Gasteiger partial charge in [0.25, 0.3) is 0 Å². The zero-order valence-corrected chi connectivity index (χ0v) is 14.5. The summed E-state index contributed by atoms with van der Waals surface area (Å²) in [6.07, 6.45) is -0.471.